The minimum atomic E-state index is -0.376. The van der Waals surface area contributed by atoms with E-state index in [-0.39, 0.29) is 11.9 Å². The molecule has 1 N–H and O–H groups in total. The summed E-state index contributed by atoms with van der Waals surface area (Å²) in [4.78, 5) is 7.83. The molecule has 8 heteroatoms. The molecule has 4 aromatic rings. The molecule has 1 aliphatic rings. The molecule has 0 saturated heterocycles. The van der Waals surface area contributed by atoms with Gasteiger partial charge in [0.2, 0.25) is 5.82 Å². The van der Waals surface area contributed by atoms with Crippen LogP contribution in [0.1, 0.15) is 24.4 Å². The van der Waals surface area contributed by atoms with E-state index in [1.807, 2.05) is 60.5 Å². The lowest BCUT2D eigenvalue weighted by Gasteiger charge is -2.37. The molecule has 5 rings (SSSR count). The molecule has 170 valence electrons. The number of nitrogens with zero attached hydrogens (tertiary/aromatic N) is 3. The van der Waals surface area contributed by atoms with Crippen LogP contribution in [0.3, 0.4) is 0 Å². The third-order valence-electron chi connectivity index (χ3n) is 5.71. The quantitative estimate of drug-likeness (QED) is 0.255. The second-order valence-electron chi connectivity index (χ2n) is 7.76. The van der Waals surface area contributed by atoms with Crippen LogP contribution in [0, 0.1) is 5.82 Å². The largest absolute Gasteiger partial charge is 0.351 e. The molecule has 0 radical (unpaired) electrons. The zero-order chi connectivity index (χ0) is 23.7. The number of thiocarbonyl (C=S) groups is 1. The Morgan fingerprint density at radius 2 is 1.71 bits per heavy atom. The van der Waals surface area contributed by atoms with Crippen molar-refractivity contribution in [3.63, 3.8) is 0 Å². The SMILES string of the molecule is CSc1ccc(N2C(=S)NC(c3ccc(F)cc3)C(c3nc(-c4ccccc4)no3)=C2C)cc1. The summed E-state index contributed by atoms with van der Waals surface area (Å²) in [7, 11) is 0. The van der Waals surface area contributed by atoms with Crippen LogP contribution >= 0.6 is 24.0 Å². The predicted molar refractivity (Wildman–Crippen MR) is 138 cm³/mol. The molecule has 2 heterocycles. The van der Waals surface area contributed by atoms with E-state index >= 15 is 0 Å². The highest BCUT2D eigenvalue weighted by Gasteiger charge is 2.34. The minimum absolute atomic E-state index is 0.302. The molecule has 3 aromatic carbocycles. The van der Waals surface area contributed by atoms with Crippen molar-refractivity contribution in [3.8, 4) is 11.4 Å². The Kier molecular flexibility index (Phi) is 6.17. The Labute approximate surface area is 206 Å². The predicted octanol–water partition coefficient (Wildman–Crippen LogP) is 6.46. The van der Waals surface area contributed by atoms with E-state index in [2.05, 4.69) is 22.6 Å². The van der Waals surface area contributed by atoms with Crippen molar-refractivity contribution >= 4 is 40.4 Å². The number of aromatic nitrogens is 2. The first-order chi connectivity index (χ1) is 16.5. The molecule has 0 spiro atoms. The van der Waals surface area contributed by atoms with Gasteiger partial charge < -0.3 is 9.84 Å². The summed E-state index contributed by atoms with van der Waals surface area (Å²) >= 11 is 7.45. The van der Waals surface area contributed by atoms with Crippen LogP contribution in [-0.2, 0) is 0 Å². The lowest BCUT2D eigenvalue weighted by atomic mass is 9.94. The number of hydrogen-bond acceptors (Lipinski definition) is 5. The van der Waals surface area contributed by atoms with Crippen LogP contribution in [0.15, 0.2) is 94.0 Å². The molecule has 0 fully saturated rings. The van der Waals surface area contributed by atoms with Gasteiger partial charge in [-0.3, -0.25) is 4.90 Å². The first-order valence-electron chi connectivity index (χ1n) is 10.7. The number of halogens is 1. The fraction of sp³-hybridized carbons (Fsp3) is 0.115. The normalized spacial score (nSPS) is 16.0. The highest BCUT2D eigenvalue weighted by atomic mass is 32.2. The van der Waals surface area contributed by atoms with Crippen molar-refractivity contribution in [2.75, 3.05) is 11.2 Å². The number of rotatable bonds is 5. The van der Waals surface area contributed by atoms with Crippen molar-refractivity contribution in [1.82, 2.24) is 15.5 Å². The van der Waals surface area contributed by atoms with Crippen molar-refractivity contribution in [3.05, 3.63) is 102 Å². The van der Waals surface area contributed by atoms with Crippen molar-refractivity contribution < 1.29 is 8.91 Å². The molecule has 1 aromatic heterocycles. The highest BCUT2D eigenvalue weighted by molar-refractivity contribution is 7.98. The first kappa shape index (κ1) is 22.3. The van der Waals surface area contributed by atoms with Gasteiger partial charge in [-0.05, 0) is 67.4 Å². The van der Waals surface area contributed by atoms with Gasteiger partial charge in [0.15, 0.2) is 5.11 Å². The van der Waals surface area contributed by atoms with Crippen molar-refractivity contribution in [1.29, 1.82) is 0 Å². The Morgan fingerprint density at radius 1 is 1.00 bits per heavy atom. The molecular formula is C26H21FN4OS2. The van der Waals surface area contributed by atoms with E-state index < -0.39 is 0 Å². The summed E-state index contributed by atoms with van der Waals surface area (Å²) in [6.45, 7) is 1.98. The van der Waals surface area contributed by atoms with Crippen molar-refractivity contribution in [2.24, 2.45) is 0 Å². The Balaban J connectivity index is 1.64. The van der Waals surface area contributed by atoms with Gasteiger partial charge >= 0.3 is 0 Å². The number of nitrogens with one attached hydrogen (secondary N) is 1. The zero-order valence-electron chi connectivity index (χ0n) is 18.5. The van der Waals surface area contributed by atoms with E-state index in [9.17, 15) is 4.39 Å². The number of hydrogen-bond donors (Lipinski definition) is 1. The molecule has 0 aliphatic carbocycles. The lowest BCUT2D eigenvalue weighted by molar-refractivity contribution is 0.404. The van der Waals surface area contributed by atoms with Gasteiger partial charge in [-0.25, -0.2) is 4.39 Å². The standard InChI is InChI=1S/C26H21FN4OS2/c1-16-22(25-29-24(30-32-25)18-6-4-3-5-7-18)23(17-8-10-19(27)11-9-17)28-26(33)31(16)20-12-14-21(34-2)15-13-20/h3-15,23H,1-2H3,(H,28,33). The van der Waals surface area contributed by atoms with Gasteiger partial charge in [0, 0.05) is 21.8 Å². The van der Waals surface area contributed by atoms with Gasteiger partial charge in [0.1, 0.15) is 5.82 Å². The van der Waals surface area contributed by atoms with E-state index in [0.29, 0.717) is 16.8 Å². The molecule has 1 atom stereocenters. The fourth-order valence-corrected chi connectivity index (χ4v) is 4.77. The Bertz CT molecular complexity index is 1350. The molecule has 34 heavy (non-hydrogen) atoms. The molecule has 1 aliphatic heterocycles. The van der Waals surface area contributed by atoms with E-state index in [4.69, 9.17) is 21.7 Å². The fourth-order valence-electron chi connectivity index (χ4n) is 4.00. The summed E-state index contributed by atoms with van der Waals surface area (Å²) in [5, 5.41) is 8.15. The van der Waals surface area contributed by atoms with Gasteiger partial charge in [-0.2, -0.15) is 4.98 Å². The molecule has 0 saturated carbocycles. The van der Waals surface area contributed by atoms with Crippen LogP contribution < -0.4 is 10.2 Å². The average molecular weight is 489 g/mol. The van der Waals surface area contributed by atoms with Gasteiger partial charge in [0.05, 0.1) is 11.6 Å². The van der Waals surface area contributed by atoms with E-state index in [1.54, 1.807) is 23.9 Å². The molecular weight excluding hydrogens is 467 g/mol. The molecule has 5 nitrogen and oxygen atoms in total. The number of allylic oxidation sites excluding steroid dienone is 1. The lowest BCUT2D eigenvalue weighted by Crippen LogP contribution is -2.46. The van der Waals surface area contributed by atoms with Crippen molar-refractivity contribution in [2.45, 2.75) is 17.9 Å². The molecule has 1 unspecified atom stereocenters. The first-order valence-corrected chi connectivity index (χ1v) is 12.3. The van der Waals surface area contributed by atoms with Crippen LogP contribution in [-0.4, -0.2) is 21.5 Å². The maximum absolute atomic E-state index is 13.7. The minimum Gasteiger partial charge on any atom is -0.351 e. The topological polar surface area (TPSA) is 54.2 Å². The summed E-state index contributed by atoms with van der Waals surface area (Å²) < 4.78 is 19.4. The summed E-state index contributed by atoms with van der Waals surface area (Å²) in [5.41, 5.74) is 4.26. The highest BCUT2D eigenvalue weighted by Crippen LogP contribution is 2.39. The zero-order valence-corrected chi connectivity index (χ0v) is 20.2. The monoisotopic (exact) mass is 488 g/mol. The third kappa shape index (κ3) is 4.22. The number of benzene rings is 3. The van der Waals surface area contributed by atoms with E-state index in [1.165, 1.54) is 12.1 Å². The Hall–Kier alpha value is -3.49. The van der Waals surface area contributed by atoms with Crippen LogP contribution in [0.4, 0.5) is 10.1 Å². The number of anilines is 1. The third-order valence-corrected chi connectivity index (χ3v) is 6.75. The summed E-state index contributed by atoms with van der Waals surface area (Å²) in [5.74, 6) is 0.577. The van der Waals surface area contributed by atoms with E-state index in [0.717, 1.165) is 33.0 Å². The number of thioether (sulfide) groups is 1. The summed E-state index contributed by atoms with van der Waals surface area (Å²) in [6.07, 6.45) is 2.04. The smallest absolute Gasteiger partial charge is 0.258 e. The van der Waals surface area contributed by atoms with Crippen LogP contribution in [0.2, 0.25) is 0 Å². The van der Waals surface area contributed by atoms with Crippen LogP contribution in [0.25, 0.3) is 17.0 Å². The van der Waals surface area contributed by atoms with Crippen LogP contribution in [0.5, 0.6) is 0 Å². The molecule has 0 bridgehead atoms. The average Bonchev–Trinajstić information content (AvgIpc) is 3.35. The molecule has 0 amide bonds. The van der Waals surface area contributed by atoms with Gasteiger partial charge in [0.25, 0.3) is 5.89 Å². The van der Waals surface area contributed by atoms with Gasteiger partial charge in [-0.1, -0.05) is 47.6 Å². The second kappa shape index (κ2) is 9.40. The Morgan fingerprint density at radius 3 is 2.38 bits per heavy atom. The maximum Gasteiger partial charge on any atom is 0.258 e. The van der Waals surface area contributed by atoms with Gasteiger partial charge in [-0.15, -0.1) is 11.8 Å². The maximum atomic E-state index is 13.7. The summed E-state index contributed by atoms with van der Waals surface area (Å²) in [6, 6.07) is 23.8. The second-order valence-corrected chi connectivity index (χ2v) is 9.02.